The topological polar surface area (TPSA) is 50.4 Å². The van der Waals surface area contributed by atoms with Crippen LogP contribution in [0.4, 0.5) is 4.79 Å². The van der Waals surface area contributed by atoms with Gasteiger partial charge in [0.15, 0.2) is 0 Å². The molecule has 0 saturated carbocycles. The van der Waals surface area contributed by atoms with Gasteiger partial charge in [-0.05, 0) is 41.0 Å². The third kappa shape index (κ3) is 12.0. The lowest BCUT2D eigenvalue weighted by Gasteiger charge is -2.23. The Balaban J connectivity index is 3.74. The first-order chi connectivity index (χ1) is 8.74. The van der Waals surface area contributed by atoms with Crippen molar-refractivity contribution in [1.29, 1.82) is 0 Å². The van der Waals surface area contributed by atoms with Crippen molar-refractivity contribution < 1.29 is 9.53 Å². The normalized spacial score (nSPS) is 14.8. The Hall–Kier alpha value is -0.770. The number of hydrogen-bond acceptors (Lipinski definition) is 3. The SMILES string of the molecule is CCCCCC(C)NC(C)CNC(=O)OC(C)(C)C. The number of amides is 1. The average molecular weight is 272 g/mol. The van der Waals surface area contributed by atoms with Crippen molar-refractivity contribution in [1.82, 2.24) is 10.6 Å². The molecule has 0 aromatic carbocycles. The van der Waals surface area contributed by atoms with Crippen molar-refractivity contribution >= 4 is 6.09 Å². The average Bonchev–Trinajstić information content (AvgIpc) is 2.24. The zero-order chi connectivity index (χ0) is 14.9. The number of rotatable bonds is 8. The summed E-state index contributed by atoms with van der Waals surface area (Å²) in [6.07, 6.45) is 4.64. The molecule has 0 aliphatic heterocycles. The maximum Gasteiger partial charge on any atom is 0.407 e. The highest BCUT2D eigenvalue weighted by Crippen LogP contribution is 2.06. The monoisotopic (exact) mass is 272 g/mol. The number of unbranched alkanes of at least 4 members (excludes halogenated alkanes) is 2. The van der Waals surface area contributed by atoms with Crippen LogP contribution in [0.15, 0.2) is 0 Å². The summed E-state index contributed by atoms with van der Waals surface area (Å²) >= 11 is 0. The number of alkyl carbamates (subject to hydrolysis) is 1. The lowest BCUT2D eigenvalue weighted by atomic mass is 10.1. The predicted octanol–water partition coefficient (Wildman–Crippen LogP) is 3.46. The van der Waals surface area contributed by atoms with Crippen LogP contribution in [0.25, 0.3) is 0 Å². The van der Waals surface area contributed by atoms with Crippen LogP contribution in [-0.4, -0.2) is 30.3 Å². The number of carbonyl (C=O) groups is 1. The second-order valence-electron chi connectivity index (χ2n) is 6.35. The largest absolute Gasteiger partial charge is 0.444 e. The molecule has 0 heterocycles. The predicted molar refractivity (Wildman–Crippen MR) is 80.4 cm³/mol. The van der Waals surface area contributed by atoms with Crippen LogP contribution in [0, 0.1) is 0 Å². The van der Waals surface area contributed by atoms with Crippen LogP contribution >= 0.6 is 0 Å². The molecule has 114 valence electrons. The van der Waals surface area contributed by atoms with Crippen LogP contribution < -0.4 is 10.6 Å². The van der Waals surface area contributed by atoms with Crippen molar-refractivity contribution in [3.05, 3.63) is 0 Å². The summed E-state index contributed by atoms with van der Waals surface area (Å²) in [6, 6.07) is 0.742. The molecule has 2 N–H and O–H groups in total. The van der Waals surface area contributed by atoms with Gasteiger partial charge in [0.25, 0.3) is 0 Å². The fourth-order valence-electron chi connectivity index (χ4n) is 1.88. The van der Waals surface area contributed by atoms with Gasteiger partial charge in [-0.1, -0.05) is 26.2 Å². The molecule has 4 nitrogen and oxygen atoms in total. The Morgan fingerprint density at radius 1 is 1.16 bits per heavy atom. The van der Waals surface area contributed by atoms with Crippen LogP contribution in [0.2, 0.25) is 0 Å². The minimum absolute atomic E-state index is 0.254. The van der Waals surface area contributed by atoms with E-state index in [1.807, 2.05) is 20.8 Å². The quantitative estimate of drug-likeness (QED) is 0.665. The number of ether oxygens (including phenoxy) is 1. The van der Waals surface area contributed by atoms with Crippen molar-refractivity contribution in [3.63, 3.8) is 0 Å². The molecule has 4 heteroatoms. The molecular weight excluding hydrogens is 240 g/mol. The third-order valence-electron chi connectivity index (χ3n) is 2.76. The third-order valence-corrected chi connectivity index (χ3v) is 2.76. The molecule has 0 spiro atoms. The standard InChI is InChI=1S/C15H32N2O2/c1-7-8-9-10-12(2)17-13(3)11-16-14(18)19-15(4,5)6/h12-13,17H,7-11H2,1-6H3,(H,16,18). The van der Waals surface area contributed by atoms with Crippen LogP contribution in [-0.2, 0) is 4.74 Å². The molecule has 1 amide bonds. The van der Waals surface area contributed by atoms with Gasteiger partial charge in [-0.25, -0.2) is 4.79 Å². The number of carbonyl (C=O) groups excluding carboxylic acids is 1. The van der Waals surface area contributed by atoms with E-state index in [1.54, 1.807) is 0 Å². The van der Waals surface area contributed by atoms with Gasteiger partial charge >= 0.3 is 6.09 Å². The van der Waals surface area contributed by atoms with E-state index in [0.717, 1.165) is 0 Å². The van der Waals surface area contributed by atoms with Gasteiger partial charge in [-0.3, -0.25) is 0 Å². The van der Waals surface area contributed by atoms with Crippen LogP contribution in [0.1, 0.15) is 67.2 Å². The lowest BCUT2D eigenvalue weighted by molar-refractivity contribution is 0.0522. The van der Waals surface area contributed by atoms with Crippen LogP contribution in [0.3, 0.4) is 0 Å². The molecule has 0 rings (SSSR count). The van der Waals surface area contributed by atoms with Crippen molar-refractivity contribution in [2.24, 2.45) is 0 Å². The fraction of sp³-hybridized carbons (Fsp3) is 0.933. The Bertz CT molecular complexity index is 249. The van der Waals surface area contributed by atoms with E-state index < -0.39 is 5.60 Å². The van der Waals surface area contributed by atoms with E-state index in [9.17, 15) is 4.79 Å². The van der Waals surface area contributed by atoms with E-state index in [2.05, 4.69) is 31.4 Å². The minimum Gasteiger partial charge on any atom is -0.444 e. The molecule has 2 atom stereocenters. The Morgan fingerprint density at radius 2 is 1.79 bits per heavy atom. The Morgan fingerprint density at radius 3 is 2.32 bits per heavy atom. The van der Waals surface area contributed by atoms with Gasteiger partial charge in [0.1, 0.15) is 5.60 Å². The summed E-state index contributed by atoms with van der Waals surface area (Å²) < 4.78 is 5.19. The fourth-order valence-corrected chi connectivity index (χ4v) is 1.88. The lowest BCUT2D eigenvalue weighted by Crippen LogP contribution is -2.44. The van der Waals surface area contributed by atoms with E-state index >= 15 is 0 Å². The first-order valence-corrected chi connectivity index (χ1v) is 7.47. The maximum atomic E-state index is 11.5. The zero-order valence-electron chi connectivity index (χ0n) is 13.5. The first-order valence-electron chi connectivity index (χ1n) is 7.47. The summed E-state index contributed by atoms with van der Waals surface area (Å²) in [5, 5.41) is 6.27. The molecule has 0 radical (unpaired) electrons. The smallest absolute Gasteiger partial charge is 0.407 e. The Labute approximate surface area is 118 Å². The molecule has 0 aliphatic carbocycles. The summed E-state index contributed by atoms with van der Waals surface area (Å²) in [7, 11) is 0. The molecule has 0 aliphatic rings. The first kappa shape index (κ1) is 18.2. The van der Waals surface area contributed by atoms with E-state index in [0.29, 0.717) is 12.6 Å². The molecule has 0 saturated heterocycles. The highest BCUT2D eigenvalue weighted by Gasteiger charge is 2.16. The maximum absolute atomic E-state index is 11.5. The zero-order valence-corrected chi connectivity index (χ0v) is 13.5. The van der Waals surface area contributed by atoms with Gasteiger partial charge in [0.05, 0.1) is 0 Å². The second-order valence-corrected chi connectivity index (χ2v) is 6.35. The van der Waals surface area contributed by atoms with Gasteiger partial charge in [0, 0.05) is 18.6 Å². The highest BCUT2D eigenvalue weighted by atomic mass is 16.6. The van der Waals surface area contributed by atoms with Crippen molar-refractivity contribution in [2.75, 3.05) is 6.54 Å². The molecular formula is C15H32N2O2. The van der Waals surface area contributed by atoms with Crippen LogP contribution in [0.5, 0.6) is 0 Å². The minimum atomic E-state index is -0.436. The highest BCUT2D eigenvalue weighted by molar-refractivity contribution is 5.67. The molecule has 0 bridgehead atoms. The summed E-state index contributed by atoms with van der Waals surface area (Å²) in [6.45, 7) is 12.7. The summed E-state index contributed by atoms with van der Waals surface area (Å²) in [5.41, 5.74) is -0.436. The Kier molecular flexibility index (Phi) is 8.81. The van der Waals surface area contributed by atoms with Gasteiger partial charge < -0.3 is 15.4 Å². The van der Waals surface area contributed by atoms with E-state index in [1.165, 1.54) is 25.7 Å². The molecule has 0 aromatic heterocycles. The number of nitrogens with one attached hydrogen (secondary N) is 2. The van der Waals surface area contributed by atoms with E-state index in [-0.39, 0.29) is 12.1 Å². The van der Waals surface area contributed by atoms with Gasteiger partial charge in [-0.15, -0.1) is 0 Å². The molecule has 0 fully saturated rings. The molecule has 2 unspecified atom stereocenters. The second kappa shape index (κ2) is 9.18. The molecule has 0 aromatic rings. The van der Waals surface area contributed by atoms with E-state index in [4.69, 9.17) is 4.74 Å². The molecule has 19 heavy (non-hydrogen) atoms. The number of hydrogen-bond donors (Lipinski definition) is 2. The van der Waals surface area contributed by atoms with Gasteiger partial charge in [0.2, 0.25) is 0 Å². The van der Waals surface area contributed by atoms with Crippen molar-refractivity contribution in [2.45, 2.75) is 84.9 Å². The summed E-state index contributed by atoms with van der Waals surface area (Å²) in [4.78, 5) is 11.5. The summed E-state index contributed by atoms with van der Waals surface area (Å²) in [5.74, 6) is 0. The van der Waals surface area contributed by atoms with Crippen molar-refractivity contribution in [3.8, 4) is 0 Å². The van der Waals surface area contributed by atoms with Gasteiger partial charge in [-0.2, -0.15) is 0 Å².